The van der Waals surface area contributed by atoms with Crippen molar-refractivity contribution >= 4 is 31.2 Å². The first-order chi connectivity index (χ1) is 15.7. The first kappa shape index (κ1) is 24.9. The fraction of sp³-hybridized carbons (Fsp3) is 0.160. The van der Waals surface area contributed by atoms with E-state index in [9.17, 15) is 19.1 Å². The minimum absolute atomic E-state index is 0.0930. The lowest BCUT2D eigenvalue weighted by atomic mass is 9.97. The molecule has 172 valence electrons. The Morgan fingerprint density at radius 1 is 1.00 bits per heavy atom. The zero-order chi connectivity index (χ0) is 23.8. The van der Waals surface area contributed by atoms with Gasteiger partial charge in [-0.3, -0.25) is 9.36 Å². The molecule has 0 heterocycles. The lowest BCUT2D eigenvalue weighted by Crippen LogP contribution is -2.34. The summed E-state index contributed by atoms with van der Waals surface area (Å²) in [4.78, 5) is 31.2. The summed E-state index contributed by atoms with van der Waals surface area (Å²) < 4.78 is 16.8. The van der Waals surface area contributed by atoms with Crippen LogP contribution >= 0.6 is 19.2 Å². The molecule has 0 saturated heterocycles. The quantitative estimate of drug-likeness (QED) is 0.296. The summed E-state index contributed by atoms with van der Waals surface area (Å²) in [5.41, 5.74) is 9.76. The second-order valence-electron chi connectivity index (χ2n) is 7.62. The molecule has 3 aromatic rings. The standard InChI is InChI=1S/C25H25ClNO5P/c26-23-10-8-21(9-11-23)22-14-19(13-20(15-22)17-33(29,30)31)16-24(27)25(28)32-12-4-7-18-5-2-1-3-6-18/h1-11,13-15,24H,12,16-17,27H2,(H2,29,30,31). The Balaban J connectivity index is 1.71. The van der Waals surface area contributed by atoms with Gasteiger partial charge in [0.25, 0.3) is 0 Å². The van der Waals surface area contributed by atoms with Crippen LogP contribution in [0.1, 0.15) is 16.7 Å². The first-order valence-corrected chi connectivity index (χ1v) is 12.4. The average molecular weight is 486 g/mol. The molecule has 1 atom stereocenters. The summed E-state index contributed by atoms with van der Waals surface area (Å²) in [6, 6.07) is 21.0. The van der Waals surface area contributed by atoms with Crippen molar-refractivity contribution in [3.63, 3.8) is 0 Å². The van der Waals surface area contributed by atoms with E-state index < -0.39 is 25.8 Å². The normalized spacial score (nSPS) is 12.6. The van der Waals surface area contributed by atoms with E-state index >= 15 is 0 Å². The van der Waals surface area contributed by atoms with Gasteiger partial charge in [0.2, 0.25) is 0 Å². The van der Waals surface area contributed by atoms with Crippen LogP contribution in [-0.4, -0.2) is 28.4 Å². The Bertz CT molecular complexity index is 1160. The monoisotopic (exact) mass is 485 g/mol. The number of hydrogen-bond donors (Lipinski definition) is 3. The Morgan fingerprint density at radius 2 is 1.67 bits per heavy atom. The number of carbonyl (C=O) groups is 1. The van der Waals surface area contributed by atoms with Crippen molar-refractivity contribution in [1.82, 2.24) is 0 Å². The fourth-order valence-corrected chi connectivity index (χ4v) is 4.13. The van der Waals surface area contributed by atoms with Crippen LogP contribution in [0.5, 0.6) is 0 Å². The van der Waals surface area contributed by atoms with Crippen molar-refractivity contribution in [3.05, 3.63) is 101 Å². The van der Waals surface area contributed by atoms with Crippen molar-refractivity contribution in [1.29, 1.82) is 0 Å². The van der Waals surface area contributed by atoms with Crippen molar-refractivity contribution < 1.29 is 23.9 Å². The maximum absolute atomic E-state index is 12.3. The van der Waals surface area contributed by atoms with E-state index in [0.29, 0.717) is 16.1 Å². The zero-order valence-electron chi connectivity index (χ0n) is 17.8. The smallest absolute Gasteiger partial charge is 0.329 e. The van der Waals surface area contributed by atoms with Gasteiger partial charge < -0.3 is 20.3 Å². The molecule has 1 unspecified atom stereocenters. The van der Waals surface area contributed by atoms with Gasteiger partial charge in [0, 0.05) is 5.02 Å². The fourth-order valence-electron chi connectivity index (χ4n) is 3.34. The van der Waals surface area contributed by atoms with E-state index in [1.54, 1.807) is 30.3 Å². The first-order valence-electron chi connectivity index (χ1n) is 10.3. The zero-order valence-corrected chi connectivity index (χ0v) is 19.5. The number of rotatable bonds is 9. The average Bonchev–Trinajstić information content (AvgIpc) is 2.76. The summed E-state index contributed by atoms with van der Waals surface area (Å²) in [6.07, 6.45) is 3.34. The SMILES string of the molecule is NC(Cc1cc(CP(=O)(O)O)cc(-c2ccc(Cl)cc2)c1)C(=O)OCC=Cc1ccccc1. The van der Waals surface area contributed by atoms with E-state index in [2.05, 4.69) is 0 Å². The Labute approximate surface area is 197 Å². The van der Waals surface area contributed by atoms with E-state index in [1.165, 1.54) is 0 Å². The number of benzene rings is 3. The Kier molecular flexibility index (Phi) is 8.61. The molecule has 0 bridgehead atoms. The third-order valence-corrected chi connectivity index (χ3v) is 5.84. The van der Waals surface area contributed by atoms with Gasteiger partial charge in [0.15, 0.2) is 0 Å². The Morgan fingerprint density at radius 3 is 2.33 bits per heavy atom. The molecular weight excluding hydrogens is 461 g/mol. The highest BCUT2D eigenvalue weighted by Gasteiger charge is 2.19. The minimum Gasteiger partial charge on any atom is -0.460 e. The van der Waals surface area contributed by atoms with Crippen LogP contribution < -0.4 is 5.73 Å². The summed E-state index contributed by atoms with van der Waals surface area (Å²) >= 11 is 5.96. The van der Waals surface area contributed by atoms with Crippen LogP contribution in [0.25, 0.3) is 17.2 Å². The van der Waals surface area contributed by atoms with Gasteiger partial charge in [-0.2, -0.15) is 0 Å². The van der Waals surface area contributed by atoms with Crippen molar-refractivity contribution in [2.75, 3.05) is 6.61 Å². The Hall–Kier alpha value is -2.73. The maximum Gasteiger partial charge on any atom is 0.329 e. The minimum atomic E-state index is -4.28. The predicted molar refractivity (Wildman–Crippen MR) is 131 cm³/mol. The van der Waals surface area contributed by atoms with Crippen LogP contribution in [0.4, 0.5) is 0 Å². The van der Waals surface area contributed by atoms with E-state index in [0.717, 1.165) is 16.7 Å². The molecule has 3 rings (SSSR count). The van der Waals surface area contributed by atoms with Gasteiger partial charge in [0.1, 0.15) is 12.6 Å². The third-order valence-electron chi connectivity index (χ3n) is 4.81. The van der Waals surface area contributed by atoms with E-state index in [-0.39, 0.29) is 13.0 Å². The van der Waals surface area contributed by atoms with Gasteiger partial charge in [-0.25, -0.2) is 0 Å². The van der Waals surface area contributed by atoms with Crippen molar-refractivity contribution in [3.8, 4) is 11.1 Å². The highest BCUT2D eigenvalue weighted by molar-refractivity contribution is 7.50. The lowest BCUT2D eigenvalue weighted by Gasteiger charge is -2.14. The number of nitrogens with two attached hydrogens (primary N) is 1. The molecule has 0 saturated carbocycles. The summed E-state index contributed by atoms with van der Waals surface area (Å²) in [5, 5.41) is 0.580. The van der Waals surface area contributed by atoms with Crippen LogP contribution in [0.15, 0.2) is 78.9 Å². The molecule has 33 heavy (non-hydrogen) atoms. The maximum atomic E-state index is 12.3. The third kappa shape index (κ3) is 8.28. The summed E-state index contributed by atoms with van der Waals surface area (Å²) in [5.74, 6) is -0.554. The molecule has 6 nitrogen and oxygen atoms in total. The highest BCUT2D eigenvalue weighted by atomic mass is 35.5. The number of carbonyl (C=O) groups excluding carboxylic acids is 1. The topological polar surface area (TPSA) is 110 Å². The largest absolute Gasteiger partial charge is 0.460 e. The number of ether oxygens (including phenoxy) is 1. The molecule has 8 heteroatoms. The van der Waals surface area contributed by atoms with Crippen LogP contribution in [-0.2, 0) is 26.7 Å². The molecular formula is C25H25ClNO5P. The molecule has 4 N–H and O–H groups in total. The molecule has 0 radical (unpaired) electrons. The predicted octanol–water partition coefficient (Wildman–Crippen LogP) is 4.81. The van der Waals surface area contributed by atoms with Crippen molar-refractivity contribution in [2.45, 2.75) is 18.6 Å². The van der Waals surface area contributed by atoms with Gasteiger partial charge in [0.05, 0.1) is 6.16 Å². The molecule has 0 spiro atoms. The van der Waals surface area contributed by atoms with Gasteiger partial charge in [-0.15, -0.1) is 0 Å². The van der Waals surface area contributed by atoms with Crippen LogP contribution in [0.3, 0.4) is 0 Å². The van der Waals surface area contributed by atoms with Gasteiger partial charge >= 0.3 is 13.6 Å². The molecule has 0 aliphatic heterocycles. The highest BCUT2D eigenvalue weighted by Crippen LogP contribution is 2.40. The van der Waals surface area contributed by atoms with E-state index in [4.69, 9.17) is 22.1 Å². The van der Waals surface area contributed by atoms with Gasteiger partial charge in [-0.1, -0.05) is 78.3 Å². The van der Waals surface area contributed by atoms with E-state index in [1.807, 2.05) is 54.6 Å². The lowest BCUT2D eigenvalue weighted by molar-refractivity contribution is -0.143. The number of hydrogen-bond acceptors (Lipinski definition) is 4. The summed E-state index contributed by atoms with van der Waals surface area (Å²) in [7, 11) is -4.28. The molecule has 0 aromatic heterocycles. The molecule has 0 amide bonds. The number of esters is 1. The second-order valence-corrected chi connectivity index (χ2v) is 9.70. The number of halogens is 1. The summed E-state index contributed by atoms with van der Waals surface area (Å²) in [6.45, 7) is 0.0930. The van der Waals surface area contributed by atoms with Crippen LogP contribution in [0, 0.1) is 0 Å². The molecule has 0 aliphatic carbocycles. The molecule has 0 fully saturated rings. The van der Waals surface area contributed by atoms with Crippen molar-refractivity contribution in [2.24, 2.45) is 5.73 Å². The van der Waals surface area contributed by atoms with Gasteiger partial charge in [-0.05, 0) is 52.4 Å². The van der Waals surface area contributed by atoms with Crippen LogP contribution in [0.2, 0.25) is 5.02 Å². The molecule has 0 aliphatic rings. The molecule has 3 aromatic carbocycles. The second kappa shape index (κ2) is 11.4.